The predicted molar refractivity (Wildman–Crippen MR) is 95.2 cm³/mol. The molecule has 0 aliphatic carbocycles. The van der Waals surface area contributed by atoms with Gasteiger partial charge in [0.25, 0.3) is 5.91 Å². The Morgan fingerprint density at radius 2 is 1.96 bits per heavy atom. The van der Waals surface area contributed by atoms with Crippen molar-refractivity contribution >= 4 is 21.8 Å². The standard InChI is InChI=1S/C18H20BrFN2O2/c1-18(2,21)11-22-17(23)16(12-6-4-3-5-7-12)24-15-9-8-13(19)10-14(15)20/h3-10,16H,11,21H2,1-2H3,(H,22,23). The minimum atomic E-state index is -0.968. The molecule has 0 bridgehead atoms. The van der Waals surface area contributed by atoms with Crippen LogP contribution in [0.15, 0.2) is 53.0 Å². The van der Waals surface area contributed by atoms with Crippen molar-refractivity contribution in [3.63, 3.8) is 0 Å². The minimum absolute atomic E-state index is 0.00853. The molecule has 24 heavy (non-hydrogen) atoms. The first-order valence-electron chi connectivity index (χ1n) is 7.49. The molecule has 0 fully saturated rings. The summed E-state index contributed by atoms with van der Waals surface area (Å²) in [7, 11) is 0. The summed E-state index contributed by atoms with van der Waals surface area (Å²) in [5, 5.41) is 2.75. The number of carbonyl (C=O) groups excluding carboxylic acids is 1. The van der Waals surface area contributed by atoms with Gasteiger partial charge in [0.05, 0.1) is 0 Å². The van der Waals surface area contributed by atoms with E-state index in [1.807, 2.05) is 6.07 Å². The number of rotatable bonds is 6. The average molecular weight is 395 g/mol. The molecule has 0 aliphatic heterocycles. The van der Waals surface area contributed by atoms with E-state index in [1.54, 1.807) is 44.2 Å². The molecule has 0 saturated carbocycles. The lowest BCUT2D eigenvalue weighted by molar-refractivity contribution is -0.128. The van der Waals surface area contributed by atoms with Crippen molar-refractivity contribution in [1.29, 1.82) is 0 Å². The second-order valence-corrected chi connectivity index (χ2v) is 7.11. The zero-order chi connectivity index (χ0) is 17.7. The molecule has 0 aromatic heterocycles. The topological polar surface area (TPSA) is 64.3 Å². The zero-order valence-corrected chi connectivity index (χ0v) is 15.1. The van der Waals surface area contributed by atoms with Crippen LogP contribution < -0.4 is 15.8 Å². The lowest BCUT2D eigenvalue weighted by Crippen LogP contribution is -2.46. The third kappa shape index (κ3) is 5.32. The van der Waals surface area contributed by atoms with Gasteiger partial charge < -0.3 is 15.8 Å². The smallest absolute Gasteiger partial charge is 0.265 e. The molecule has 2 rings (SSSR count). The van der Waals surface area contributed by atoms with Crippen LogP contribution in [-0.4, -0.2) is 18.0 Å². The highest BCUT2D eigenvalue weighted by atomic mass is 79.9. The molecule has 6 heteroatoms. The Bertz CT molecular complexity index is 702. The second kappa shape index (κ2) is 7.77. The lowest BCUT2D eigenvalue weighted by Gasteiger charge is -2.23. The Morgan fingerprint density at radius 1 is 1.29 bits per heavy atom. The van der Waals surface area contributed by atoms with E-state index in [-0.39, 0.29) is 18.2 Å². The van der Waals surface area contributed by atoms with E-state index in [0.717, 1.165) is 0 Å². The van der Waals surface area contributed by atoms with Gasteiger partial charge in [0, 0.05) is 22.1 Å². The van der Waals surface area contributed by atoms with Gasteiger partial charge in [0.2, 0.25) is 6.10 Å². The number of amides is 1. The van der Waals surface area contributed by atoms with Crippen molar-refractivity contribution in [1.82, 2.24) is 5.32 Å². The molecule has 128 valence electrons. The summed E-state index contributed by atoms with van der Waals surface area (Å²) in [6, 6.07) is 13.4. The highest BCUT2D eigenvalue weighted by Crippen LogP contribution is 2.27. The van der Waals surface area contributed by atoms with Crippen LogP contribution in [0.1, 0.15) is 25.5 Å². The summed E-state index contributed by atoms with van der Waals surface area (Å²) >= 11 is 3.19. The molecule has 4 nitrogen and oxygen atoms in total. The minimum Gasteiger partial charge on any atom is -0.473 e. The first-order valence-corrected chi connectivity index (χ1v) is 8.29. The van der Waals surface area contributed by atoms with Crippen LogP contribution in [0.25, 0.3) is 0 Å². The number of halogens is 2. The van der Waals surface area contributed by atoms with E-state index in [0.29, 0.717) is 10.0 Å². The van der Waals surface area contributed by atoms with Crippen LogP contribution in [0.3, 0.4) is 0 Å². The fourth-order valence-electron chi connectivity index (χ4n) is 2.01. The number of hydrogen-bond acceptors (Lipinski definition) is 3. The number of benzene rings is 2. The summed E-state index contributed by atoms with van der Waals surface area (Å²) in [5.41, 5.74) is 5.97. The van der Waals surface area contributed by atoms with E-state index in [1.165, 1.54) is 12.1 Å². The van der Waals surface area contributed by atoms with Gasteiger partial charge in [-0.25, -0.2) is 4.39 Å². The summed E-state index contributed by atoms with van der Waals surface area (Å²) < 4.78 is 20.3. The molecule has 1 amide bonds. The first-order chi connectivity index (χ1) is 11.3. The van der Waals surface area contributed by atoms with Gasteiger partial charge in [-0.3, -0.25) is 4.79 Å². The van der Waals surface area contributed by atoms with Gasteiger partial charge in [0.1, 0.15) is 0 Å². The third-order valence-corrected chi connectivity index (χ3v) is 3.69. The quantitative estimate of drug-likeness (QED) is 0.786. The van der Waals surface area contributed by atoms with Crippen molar-refractivity contribution in [2.24, 2.45) is 5.73 Å². The lowest BCUT2D eigenvalue weighted by atomic mass is 10.1. The summed E-state index contributed by atoms with van der Waals surface area (Å²) in [5.74, 6) is -0.909. The van der Waals surface area contributed by atoms with Crippen LogP contribution in [0.5, 0.6) is 5.75 Å². The molecular weight excluding hydrogens is 375 g/mol. The maximum absolute atomic E-state index is 14.1. The second-order valence-electron chi connectivity index (χ2n) is 6.19. The molecule has 1 atom stereocenters. The van der Waals surface area contributed by atoms with Gasteiger partial charge >= 0.3 is 0 Å². The Kier molecular flexibility index (Phi) is 5.96. The van der Waals surface area contributed by atoms with Crippen LogP contribution in [0, 0.1) is 5.82 Å². The molecular formula is C18H20BrFN2O2. The maximum Gasteiger partial charge on any atom is 0.265 e. The summed E-state index contributed by atoms with van der Waals surface area (Å²) in [4.78, 5) is 12.5. The highest BCUT2D eigenvalue weighted by Gasteiger charge is 2.25. The predicted octanol–water partition coefficient (Wildman–Crippen LogP) is 3.56. The average Bonchev–Trinajstić information content (AvgIpc) is 2.52. The Balaban J connectivity index is 2.25. The van der Waals surface area contributed by atoms with Gasteiger partial charge in [-0.2, -0.15) is 0 Å². The Morgan fingerprint density at radius 3 is 2.54 bits per heavy atom. The van der Waals surface area contributed by atoms with E-state index < -0.39 is 17.5 Å². The SMILES string of the molecule is CC(C)(N)CNC(=O)C(Oc1ccc(Br)cc1F)c1ccccc1. The van der Waals surface area contributed by atoms with Gasteiger partial charge in [-0.1, -0.05) is 46.3 Å². The molecule has 0 saturated heterocycles. The van der Waals surface area contributed by atoms with Crippen molar-refractivity contribution < 1.29 is 13.9 Å². The number of carbonyl (C=O) groups is 1. The third-order valence-electron chi connectivity index (χ3n) is 3.20. The molecule has 3 N–H and O–H groups in total. The number of nitrogens with one attached hydrogen (secondary N) is 1. The number of nitrogens with two attached hydrogens (primary N) is 1. The largest absolute Gasteiger partial charge is 0.473 e. The van der Waals surface area contributed by atoms with Gasteiger partial charge in [-0.15, -0.1) is 0 Å². The molecule has 2 aromatic rings. The fraction of sp³-hybridized carbons (Fsp3) is 0.278. The monoisotopic (exact) mass is 394 g/mol. The molecule has 0 heterocycles. The molecule has 0 spiro atoms. The number of ether oxygens (including phenoxy) is 1. The van der Waals surface area contributed by atoms with Crippen molar-refractivity contribution in [2.75, 3.05) is 6.54 Å². The van der Waals surface area contributed by atoms with E-state index >= 15 is 0 Å². The maximum atomic E-state index is 14.1. The normalized spacial score (nSPS) is 12.5. The van der Waals surface area contributed by atoms with Gasteiger partial charge in [-0.05, 0) is 32.0 Å². The van der Waals surface area contributed by atoms with Crippen molar-refractivity contribution in [3.8, 4) is 5.75 Å². The molecule has 1 unspecified atom stereocenters. The first kappa shape index (κ1) is 18.4. The molecule has 0 aliphatic rings. The highest BCUT2D eigenvalue weighted by molar-refractivity contribution is 9.10. The van der Waals surface area contributed by atoms with E-state index in [4.69, 9.17) is 10.5 Å². The fourth-order valence-corrected chi connectivity index (χ4v) is 2.34. The van der Waals surface area contributed by atoms with Crippen molar-refractivity contribution in [3.05, 3.63) is 64.4 Å². The molecule has 2 aromatic carbocycles. The Hall–Kier alpha value is -1.92. The number of hydrogen-bond donors (Lipinski definition) is 2. The van der Waals surface area contributed by atoms with E-state index in [9.17, 15) is 9.18 Å². The zero-order valence-electron chi connectivity index (χ0n) is 13.6. The van der Waals surface area contributed by atoms with Crippen LogP contribution >= 0.6 is 15.9 Å². The van der Waals surface area contributed by atoms with Gasteiger partial charge in [0.15, 0.2) is 11.6 Å². The van der Waals surface area contributed by atoms with Crippen LogP contribution in [0.2, 0.25) is 0 Å². The summed E-state index contributed by atoms with van der Waals surface area (Å²) in [6.07, 6.45) is -0.968. The summed E-state index contributed by atoms with van der Waals surface area (Å²) in [6.45, 7) is 3.89. The van der Waals surface area contributed by atoms with E-state index in [2.05, 4.69) is 21.2 Å². The van der Waals surface area contributed by atoms with Crippen LogP contribution in [0.4, 0.5) is 4.39 Å². The van der Waals surface area contributed by atoms with Crippen molar-refractivity contribution in [2.45, 2.75) is 25.5 Å². The van der Waals surface area contributed by atoms with Crippen LogP contribution in [-0.2, 0) is 4.79 Å². The molecule has 0 radical (unpaired) electrons. The Labute approximate surface area is 149 Å².